The van der Waals surface area contributed by atoms with E-state index in [9.17, 15) is 0 Å². The molecule has 0 unspecified atom stereocenters. The molecule has 59 valence electrons. The number of nitrogens with zero attached hydrogens (tertiary/aromatic N) is 1. The van der Waals surface area contributed by atoms with Gasteiger partial charge in [-0.05, 0) is 32.9 Å². The number of hydrogen-bond donors (Lipinski definition) is 0. The van der Waals surface area contributed by atoms with Crippen molar-refractivity contribution in [3.63, 3.8) is 0 Å². The van der Waals surface area contributed by atoms with Crippen molar-refractivity contribution in [1.82, 2.24) is 4.90 Å². The van der Waals surface area contributed by atoms with Crippen molar-refractivity contribution in [1.29, 1.82) is 0 Å². The van der Waals surface area contributed by atoms with E-state index in [1.54, 1.807) is 7.11 Å². The van der Waals surface area contributed by atoms with Crippen molar-refractivity contribution in [2.75, 3.05) is 26.8 Å². The largest absolute Gasteiger partial charge is 0.383 e. The van der Waals surface area contributed by atoms with Crippen LogP contribution in [0.15, 0.2) is 0 Å². The van der Waals surface area contributed by atoms with Gasteiger partial charge in [0, 0.05) is 13.2 Å². The first kappa shape index (κ1) is 8.02. The zero-order valence-electron chi connectivity index (χ0n) is 6.68. The molecule has 0 aromatic heterocycles. The molecule has 0 aliphatic carbocycles. The van der Waals surface area contributed by atoms with Crippen molar-refractivity contribution in [2.24, 2.45) is 0 Å². The van der Waals surface area contributed by atoms with Gasteiger partial charge in [0.05, 0.1) is 6.61 Å². The minimum absolute atomic E-state index is 0.641. The van der Waals surface area contributed by atoms with Crippen LogP contribution in [-0.2, 0) is 4.74 Å². The summed E-state index contributed by atoms with van der Waals surface area (Å²) in [5, 5.41) is 0. The molecular formula is C8H16NO. The van der Waals surface area contributed by atoms with Gasteiger partial charge in [0.25, 0.3) is 0 Å². The highest BCUT2D eigenvalue weighted by Crippen LogP contribution is 2.15. The van der Waals surface area contributed by atoms with Gasteiger partial charge in [-0.1, -0.05) is 0 Å². The van der Waals surface area contributed by atoms with Crippen LogP contribution in [-0.4, -0.2) is 37.7 Å². The first-order chi connectivity index (χ1) is 4.88. The molecule has 1 radical (unpaired) electrons. The van der Waals surface area contributed by atoms with Crippen LogP contribution in [0.1, 0.15) is 12.8 Å². The second-order valence-electron chi connectivity index (χ2n) is 2.79. The number of ether oxygens (including phenoxy) is 1. The fourth-order valence-electron chi connectivity index (χ4n) is 1.57. The Labute approximate surface area is 63.2 Å². The van der Waals surface area contributed by atoms with Crippen molar-refractivity contribution < 1.29 is 4.74 Å². The van der Waals surface area contributed by atoms with Crippen LogP contribution in [0.4, 0.5) is 0 Å². The Hall–Kier alpha value is -0.0800. The third-order valence-corrected chi connectivity index (χ3v) is 2.15. The zero-order chi connectivity index (χ0) is 7.40. The number of likely N-dealkylation sites (tertiary alicyclic amines) is 1. The topological polar surface area (TPSA) is 12.5 Å². The average molecular weight is 142 g/mol. The van der Waals surface area contributed by atoms with Gasteiger partial charge in [0.2, 0.25) is 0 Å². The summed E-state index contributed by atoms with van der Waals surface area (Å²) in [5.74, 6) is 0. The Morgan fingerprint density at radius 2 is 2.50 bits per heavy atom. The monoisotopic (exact) mass is 142 g/mol. The molecule has 0 amide bonds. The van der Waals surface area contributed by atoms with Crippen molar-refractivity contribution in [3.8, 4) is 0 Å². The maximum atomic E-state index is 5.09. The molecule has 1 aliphatic heterocycles. The SMILES string of the molecule is [CH2]CN1CCC[C@@H]1COC. The molecule has 10 heavy (non-hydrogen) atoms. The van der Waals surface area contributed by atoms with Gasteiger partial charge in [-0.15, -0.1) is 0 Å². The fourth-order valence-corrected chi connectivity index (χ4v) is 1.57. The molecule has 1 saturated heterocycles. The molecule has 1 atom stereocenters. The lowest BCUT2D eigenvalue weighted by Crippen LogP contribution is -2.32. The maximum Gasteiger partial charge on any atom is 0.0618 e. The molecule has 1 heterocycles. The summed E-state index contributed by atoms with van der Waals surface area (Å²) in [4.78, 5) is 2.38. The van der Waals surface area contributed by atoms with E-state index in [1.165, 1.54) is 19.4 Å². The molecule has 0 N–H and O–H groups in total. The van der Waals surface area contributed by atoms with Gasteiger partial charge in [0.1, 0.15) is 0 Å². The average Bonchev–Trinajstić information content (AvgIpc) is 2.36. The van der Waals surface area contributed by atoms with Gasteiger partial charge in [-0.2, -0.15) is 0 Å². The van der Waals surface area contributed by atoms with E-state index >= 15 is 0 Å². The molecule has 1 fully saturated rings. The Balaban J connectivity index is 2.27. The Morgan fingerprint density at radius 1 is 1.70 bits per heavy atom. The van der Waals surface area contributed by atoms with Gasteiger partial charge < -0.3 is 4.74 Å². The summed E-state index contributed by atoms with van der Waals surface area (Å²) >= 11 is 0. The summed E-state index contributed by atoms with van der Waals surface area (Å²) in [6.07, 6.45) is 2.59. The van der Waals surface area contributed by atoms with Crippen molar-refractivity contribution in [3.05, 3.63) is 6.92 Å². The normalized spacial score (nSPS) is 27.6. The maximum absolute atomic E-state index is 5.09. The van der Waals surface area contributed by atoms with Crippen LogP contribution in [0.2, 0.25) is 0 Å². The molecule has 0 aromatic rings. The highest BCUT2D eigenvalue weighted by Gasteiger charge is 2.21. The summed E-state index contributed by atoms with van der Waals surface area (Å²) < 4.78 is 5.09. The van der Waals surface area contributed by atoms with E-state index in [2.05, 4.69) is 11.8 Å². The molecule has 2 nitrogen and oxygen atoms in total. The highest BCUT2D eigenvalue weighted by molar-refractivity contribution is 4.78. The summed E-state index contributed by atoms with van der Waals surface area (Å²) in [5.41, 5.74) is 0. The summed E-state index contributed by atoms with van der Waals surface area (Å²) in [6.45, 7) is 6.87. The van der Waals surface area contributed by atoms with Gasteiger partial charge in [-0.3, -0.25) is 4.90 Å². The zero-order valence-corrected chi connectivity index (χ0v) is 6.68. The second-order valence-corrected chi connectivity index (χ2v) is 2.79. The number of rotatable bonds is 3. The summed E-state index contributed by atoms with van der Waals surface area (Å²) in [7, 11) is 1.76. The van der Waals surface area contributed by atoms with E-state index in [4.69, 9.17) is 4.74 Å². The van der Waals surface area contributed by atoms with Crippen LogP contribution in [0.25, 0.3) is 0 Å². The predicted molar refractivity (Wildman–Crippen MR) is 41.8 cm³/mol. The second kappa shape index (κ2) is 3.94. The van der Waals surface area contributed by atoms with Crippen LogP contribution in [0.3, 0.4) is 0 Å². The van der Waals surface area contributed by atoms with Gasteiger partial charge in [0.15, 0.2) is 0 Å². The van der Waals surface area contributed by atoms with Crippen LogP contribution in [0.5, 0.6) is 0 Å². The third-order valence-electron chi connectivity index (χ3n) is 2.15. The van der Waals surface area contributed by atoms with Gasteiger partial charge >= 0.3 is 0 Å². The lowest BCUT2D eigenvalue weighted by molar-refractivity contribution is 0.122. The quantitative estimate of drug-likeness (QED) is 0.581. The predicted octanol–water partition coefficient (Wildman–Crippen LogP) is 0.931. The molecule has 0 saturated carbocycles. The van der Waals surface area contributed by atoms with E-state index in [0.29, 0.717) is 6.04 Å². The lowest BCUT2D eigenvalue weighted by atomic mass is 10.2. The van der Waals surface area contributed by atoms with E-state index in [0.717, 1.165) is 13.2 Å². The fraction of sp³-hybridized carbons (Fsp3) is 0.875. The minimum atomic E-state index is 0.641. The van der Waals surface area contributed by atoms with E-state index in [-0.39, 0.29) is 0 Å². The molecule has 0 bridgehead atoms. The first-order valence-corrected chi connectivity index (χ1v) is 3.90. The standard InChI is InChI=1S/C8H16NO/c1-3-9-6-4-5-8(9)7-10-2/h8H,1,3-7H2,2H3/t8-/m1/s1. The molecule has 1 rings (SSSR count). The summed E-state index contributed by atoms with van der Waals surface area (Å²) in [6, 6.07) is 0.641. The smallest absolute Gasteiger partial charge is 0.0618 e. The minimum Gasteiger partial charge on any atom is -0.383 e. The number of methoxy groups -OCH3 is 1. The Morgan fingerprint density at radius 3 is 3.10 bits per heavy atom. The van der Waals surface area contributed by atoms with Crippen molar-refractivity contribution in [2.45, 2.75) is 18.9 Å². The van der Waals surface area contributed by atoms with Crippen LogP contribution < -0.4 is 0 Å². The molecular weight excluding hydrogens is 126 g/mol. The Bertz CT molecular complexity index is 95.3. The lowest BCUT2D eigenvalue weighted by Gasteiger charge is -2.21. The molecule has 2 heteroatoms. The van der Waals surface area contributed by atoms with E-state index in [1.807, 2.05) is 0 Å². The van der Waals surface area contributed by atoms with Gasteiger partial charge in [-0.25, -0.2) is 0 Å². The van der Waals surface area contributed by atoms with Crippen molar-refractivity contribution >= 4 is 0 Å². The highest BCUT2D eigenvalue weighted by atomic mass is 16.5. The molecule has 0 aromatic carbocycles. The number of hydrogen-bond acceptors (Lipinski definition) is 2. The third kappa shape index (κ3) is 1.70. The molecule has 0 spiro atoms. The molecule has 1 aliphatic rings. The van der Waals surface area contributed by atoms with E-state index < -0.39 is 0 Å². The first-order valence-electron chi connectivity index (χ1n) is 3.90. The van der Waals surface area contributed by atoms with Crippen LogP contribution >= 0.6 is 0 Å². The Kier molecular flexibility index (Phi) is 3.16. The van der Waals surface area contributed by atoms with Crippen LogP contribution in [0, 0.1) is 6.92 Å².